The van der Waals surface area contributed by atoms with Gasteiger partial charge in [0.05, 0.1) is 10.4 Å². The summed E-state index contributed by atoms with van der Waals surface area (Å²) in [5.74, 6) is 1.42. The maximum absolute atomic E-state index is 13.4. The molecule has 0 amide bonds. The number of hydrogen-bond acceptors (Lipinski definition) is 6. The molecular weight excluding hydrogens is 472 g/mol. The van der Waals surface area contributed by atoms with Crippen LogP contribution in [0.3, 0.4) is 0 Å². The zero-order chi connectivity index (χ0) is 24.9. The highest BCUT2D eigenvalue weighted by Crippen LogP contribution is 2.30. The summed E-state index contributed by atoms with van der Waals surface area (Å²) in [5.41, 5.74) is 3.53. The standard InChI is InChI=1S/C27H26N6O2S/c1-19-12-14-22(15-13-19)36(34,35)32-17-16-31(18-20(32)2)27-28-24-11-7-6-10-23(24)26-30-29-25(33(26)27)21-8-4-3-5-9-21/h3-15,20H,16-18H2,1-2H3. The van der Waals surface area contributed by atoms with Crippen molar-refractivity contribution in [1.82, 2.24) is 23.9 Å². The molecular formula is C27H26N6O2S. The van der Waals surface area contributed by atoms with E-state index in [1.54, 1.807) is 16.4 Å². The molecule has 1 unspecified atom stereocenters. The Bertz CT molecular complexity index is 1670. The summed E-state index contributed by atoms with van der Waals surface area (Å²) in [6.45, 7) is 5.25. The fourth-order valence-electron chi connectivity index (χ4n) is 4.88. The van der Waals surface area contributed by atoms with Crippen LogP contribution in [0.25, 0.3) is 27.9 Å². The molecule has 3 heterocycles. The summed E-state index contributed by atoms with van der Waals surface area (Å²) in [5, 5.41) is 9.99. The molecule has 9 heteroatoms. The first-order chi connectivity index (χ1) is 17.4. The second-order valence-corrected chi connectivity index (χ2v) is 11.1. The van der Waals surface area contributed by atoms with Gasteiger partial charge in [-0.15, -0.1) is 10.2 Å². The highest BCUT2D eigenvalue weighted by atomic mass is 32.2. The van der Waals surface area contributed by atoms with Gasteiger partial charge in [-0.2, -0.15) is 4.31 Å². The Labute approximate surface area is 209 Å². The van der Waals surface area contributed by atoms with Gasteiger partial charge >= 0.3 is 0 Å². The fourth-order valence-corrected chi connectivity index (χ4v) is 6.49. The number of nitrogens with zero attached hydrogens (tertiary/aromatic N) is 6. The summed E-state index contributed by atoms with van der Waals surface area (Å²) in [6.07, 6.45) is 0. The number of anilines is 1. The van der Waals surface area contributed by atoms with Crippen molar-refractivity contribution in [2.75, 3.05) is 24.5 Å². The van der Waals surface area contributed by atoms with Crippen LogP contribution >= 0.6 is 0 Å². The molecule has 6 rings (SSSR count). The van der Waals surface area contributed by atoms with Gasteiger partial charge in [0.2, 0.25) is 16.0 Å². The fraction of sp³-hybridized carbons (Fsp3) is 0.222. The third-order valence-corrected chi connectivity index (χ3v) is 8.77. The minimum atomic E-state index is -3.60. The zero-order valence-corrected chi connectivity index (χ0v) is 20.9. The lowest BCUT2D eigenvalue weighted by atomic mass is 10.2. The van der Waals surface area contributed by atoms with Crippen LogP contribution < -0.4 is 4.90 Å². The molecule has 2 aromatic heterocycles. The van der Waals surface area contributed by atoms with Crippen molar-refractivity contribution >= 4 is 32.5 Å². The van der Waals surface area contributed by atoms with Gasteiger partial charge in [-0.05, 0) is 38.1 Å². The lowest BCUT2D eigenvalue weighted by Gasteiger charge is -2.39. The van der Waals surface area contributed by atoms with E-state index >= 15 is 0 Å². The molecule has 0 N–H and O–H groups in total. The molecule has 5 aromatic rings. The largest absolute Gasteiger partial charge is 0.339 e. The molecule has 8 nitrogen and oxygen atoms in total. The molecule has 0 aliphatic carbocycles. The van der Waals surface area contributed by atoms with Crippen LogP contribution in [-0.4, -0.2) is 58.0 Å². The minimum absolute atomic E-state index is 0.245. The summed E-state index contributed by atoms with van der Waals surface area (Å²) >= 11 is 0. The topological polar surface area (TPSA) is 83.7 Å². The van der Waals surface area contributed by atoms with E-state index in [0.29, 0.717) is 36.3 Å². The molecule has 0 saturated carbocycles. The van der Waals surface area contributed by atoms with Gasteiger partial charge < -0.3 is 4.90 Å². The van der Waals surface area contributed by atoms with E-state index in [9.17, 15) is 8.42 Å². The molecule has 1 atom stereocenters. The first-order valence-electron chi connectivity index (χ1n) is 12.0. The maximum atomic E-state index is 13.4. The van der Waals surface area contributed by atoms with E-state index < -0.39 is 10.0 Å². The molecule has 1 aliphatic rings. The van der Waals surface area contributed by atoms with Crippen LogP contribution in [0.2, 0.25) is 0 Å². The van der Waals surface area contributed by atoms with Crippen molar-refractivity contribution in [1.29, 1.82) is 0 Å². The molecule has 3 aromatic carbocycles. The number of fused-ring (bicyclic) bond motifs is 3. The Morgan fingerprint density at radius 1 is 0.861 bits per heavy atom. The van der Waals surface area contributed by atoms with Gasteiger partial charge in [-0.25, -0.2) is 17.8 Å². The minimum Gasteiger partial charge on any atom is -0.339 e. The number of rotatable bonds is 4. The molecule has 1 fully saturated rings. The van der Waals surface area contributed by atoms with Crippen molar-refractivity contribution in [3.05, 3.63) is 84.4 Å². The number of sulfonamides is 1. The second-order valence-electron chi connectivity index (χ2n) is 9.20. The monoisotopic (exact) mass is 498 g/mol. The number of benzene rings is 3. The van der Waals surface area contributed by atoms with Crippen molar-refractivity contribution in [2.45, 2.75) is 24.8 Å². The second kappa shape index (κ2) is 8.69. The van der Waals surface area contributed by atoms with Crippen LogP contribution in [0.5, 0.6) is 0 Å². The van der Waals surface area contributed by atoms with Crippen LogP contribution in [0.15, 0.2) is 83.8 Å². The number of aryl methyl sites for hydroxylation is 1. The van der Waals surface area contributed by atoms with Gasteiger partial charge in [0.15, 0.2) is 11.5 Å². The zero-order valence-electron chi connectivity index (χ0n) is 20.1. The third kappa shape index (κ3) is 3.71. The average molecular weight is 499 g/mol. The summed E-state index contributed by atoms with van der Waals surface area (Å²) in [6, 6.07) is 24.6. The predicted octanol–water partition coefficient (Wildman–Crippen LogP) is 4.15. The highest BCUT2D eigenvalue weighted by Gasteiger charge is 2.35. The third-order valence-electron chi connectivity index (χ3n) is 6.74. The Morgan fingerprint density at radius 2 is 1.58 bits per heavy atom. The molecule has 1 saturated heterocycles. The van der Waals surface area contributed by atoms with Crippen LogP contribution in [-0.2, 0) is 10.0 Å². The molecule has 182 valence electrons. The van der Waals surface area contributed by atoms with E-state index in [4.69, 9.17) is 4.98 Å². The summed E-state index contributed by atoms with van der Waals surface area (Å²) < 4.78 is 30.4. The normalized spacial score (nSPS) is 17.2. The van der Waals surface area contributed by atoms with Crippen LogP contribution in [0, 0.1) is 6.92 Å². The molecule has 0 radical (unpaired) electrons. The molecule has 0 spiro atoms. The average Bonchev–Trinajstić information content (AvgIpc) is 3.34. The maximum Gasteiger partial charge on any atom is 0.243 e. The SMILES string of the molecule is Cc1ccc(S(=O)(=O)N2CCN(c3nc4ccccc4c4nnc(-c5ccccc5)n34)CC2C)cc1. The van der Waals surface area contributed by atoms with Crippen LogP contribution in [0.1, 0.15) is 12.5 Å². The Balaban J connectivity index is 1.42. The first-order valence-corrected chi connectivity index (χ1v) is 13.4. The Hall–Kier alpha value is -3.82. The number of para-hydroxylation sites is 1. The van der Waals surface area contributed by atoms with Crippen molar-refractivity contribution in [3.8, 4) is 11.4 Å². The van der Waals surface area contributed by atoms with E-state index in [2.05, 4.69) is 15.1 Å². The van der Waals surface area contributed by atoms with Gasteiger partial charge in [-0.1, -0.05) is 60.2 Å². The number of piperazine rings is 1. The van der Waals surface area contributed by atoms with E-state index in [1.807, 2.05) is 85.0 Å². The Kier molecular flexibility index (Phi) is 5.46. The summed E-state index contributed by atoms with van der Waals surface area (Å²) in [7, 11) is -3.60. The van der Waals surface area contributed by atoms with Crippen molar-refractivity contribution < 1.29 is 8.42 Å². The van der Waals surface area contributed by atoms with Crippen molar-refractivity contribution in [2.24, 2.45) is 0 Å². The molecule has 1 aliphatic heterocycles. The predicted molar refractivity (Wildman–Crippen MR) is 140 cm³/mol. The smallest absolute Gasteiger partial charge is 0.243 e. The molecule has 0 bridgehead atoms. The van der Waals surface area contributed by atoms with Crippen LogP contribution in [0.4, 0.5) is 5.95 Å². The van der Waals surface area contributed by atoms with E-state index in [0.717, 1.165) is 27.7 Å². The quantitative estimate of drug-likeness (QED) is 0.370. The summed E-state index contributed by atoms with van der Waals surface area (Å²) in [4.78, 5) is 7.48. The lowest BCUT2D eigenvalue weighted by molar-refractivity contribution is 0.304. The van der Waals surface area contributed by atoms with E-state index in [1.165, 1.54) is 0 Å². The molecule has 36 heavy (non-hydrogen) atoms. The Morgan fingerprint density at radius 3 is 2.33 bits per heavy atom. The van der Waals surface area contributed by atoms with Gasteiger partial charge in [0, 0.05) is 36.6 Å². The van der Waals surface area contributed by atoms with Crippen molar-refractivity contribution in [3.63, 3.8) is 0 Å². The van der Waals surface area contributed by atoms with E-state index in [-0.39, 0.29) is 6.04 Å². The lowest BCUT2D eigenvalue weighted by Crippen LogP contribution is -2.54. The van der Waals surface area contributed by atoms with Gasteiger partial charge in [0.1, 0.15) is 0 Å². The van der Waals surface area contributed by atoms with Gasteiger partial charge in [-0.3, -0.25) is 0 Å². The number of hydrogen-bond donors (Lipinski definition) is 0. The van der Waals surface area contributed by atoms with Gasteiger partial charge in [0.25, 0.3) is 0 Å². The first kappa shape index (κ1) is 22.6. The number of aromatic nitrogens is 4. The highest BCUT2D eigenvalue weighted by molar-refractivity contribution is 7.89.